The summed E-state index contributed by atoms with van der Waals surface area (Å²) < 4.78 is 2.10. The van der Waals surface area contributed by atoms with E-state index in [-0.39, 0.29) is 5.91 Å². The van der Waals surface area contributed by atoms with Gasteiger partial charge in [0.15, 0.2) is 0 Å². The van der Waals surface area contributed by atoms with E-state index in [1.165, 1.54) is 11.1 Å². The minimum Gasteiger partial charge on any atom is -0.338 e. The Kier molecular flexibility index (Phi) is 4.91. The van der Waals surface area contributed by atoms with Gasteiger partial charge in [0, 0.05) is 37.6 Å². The number of nitrogens with zero attached hydrogens (tertiary/aromatic N) is 3. The molecule has 23 heavy (non-hydrogen) atoms. The lowest BCUT2D eigenvalue weighted by Crippen LogP contribution is -2.32. The molecule has 0 N–H and O–H groups in total. The summed E-state index contributed by atoms with van der Waals surface area (Å²) in [6.07, 6.45) is 10.9. The fourth-order valence-electron chi connectivity index (χ4n) is 2.92. The molecule has 1 aromatic carbocycles. The van der Waals surface area contributed by atoms with Crippen LogP contribution >= 0.6 is 0 Å². The molecular weight excluding hydrogens is 286 g/mol. The Hall–Kier alpha value is -2.36. The van der Waals surface area contributed by atoms with Crippen LogP contribution in [-0.2, 0) is 6.54 Å². The summed E-state index contributed by atoms with van der Waals surface area (Å²) in [5.41, 5.74) is 3.41. The van der Waals surface area contributed by atoms with E-state index < -0.39 is 0 Å². The monoisotopic (exact) mass is 309 g/mol. The molecule has 1 aliphatic heterocycles. The highest BCUT2D eigenvalue weighted by Gasteiger charge is 2.17. The quantitative estimate of drug-likeness (QED) is 0.811. The second kappa shape index (κ2) is 7.27. The minimum absolute atomic E-state index is 0.147. The highest BCUT2D eigenvalue weighted by Crippen LogP contribution is 2.17. The van der Waals surface area contributed by atoms with Crippen molar-refractivity contribution in [3.63, 3.8) is 0 Å². The number of hydrogen-bond donors (Lipinski definition) is 0. The fourth-order valence-corrected chi connectivity index (χ4v) is 2.92. The minimum atomic E-state index is 0.147. The number of aryl methyl sites for hydroxylation is 2. The molecule has 0 spiro atoms. The molecule has 0 saturated carbocycles. The average Bonchev–Trinajstić information content (AvgIpc) is 2.97. The van der Waals surface area contributed by atoms with Crippen molar-refractivity contribution in [2.45, 2.75) is 32.7 Å². The lowest BCUT2D eigenvalue weighted by atomic mass is 10.1. The summed E-state index contributed by atoms with van der Waals surface area (Å²) in [6.45, 7) is 4.61. The Morgan fingerprint density at radius 2 is 2.04 bits per heavy atom. The van der Waals surface area contributed by atoms with Gasteiger partial charge in [-0.2, -0.15) is 0 Å². The third-order valence-electron chi connectivity index (χ3n) is 4.37. The van der Waals surface area contributed by atoms with Gasteiger partial charge in [-0.05, 0) is 38.3 Å². The van der Waals surface area contributed by atoms with Gasteiger partial charge >= 0.3 is 0 Å². The van der Waals surface area contributed by atoms with Crippen LogP contribution in [0.2, 0.25) is 0 Å². The molecule has 4 nitrogen and oxygen atoms in total. The average molecular weight is 309 g/mol. The van der Waals surface area contributed by atoms with Crippen LogP contribution in [0.5, 0.6) is 0 Å². The largest absolute Gasteiger partial charge is 0.338 e. The molecule has 0 saturated heterocycles. The Morgan fingerprint density at radius 1 is 1.22 bits per heavy atom. The van der Waals surface area contributed by atoms with Gasteiger partial charge in [-0.3, -0.25) is 4.79 Å². The maximum Gasteiger partial charge on any atom is 0.253 e. The molecule has 0 fully saturated rings. The molecule has 3 rings (SSSR count). The normalized spacial score (nSPS) is 15.2. The third-order valence-corrected chi connectivity index (χ3v) is 4.37. The van der Waals surface area contributed by atoms with Gasteiger partial charge in [-0.25, -0.2) is 4.98 Å². The second-order valence-corrected chi connectivity index (χ2v) is 6.11. The van der Waals surface area contributed by atoms with Gasteiger partial charge in [-0.15, -0.1) is 0 Å². The predicted molar refractivity (Wildman–Crippen MR) is 91.2 cm³/mol. The number of carbonyl (C=O) groups is 1. The van der Waals surface area contributed by atoms with Crippen molar-refractivity contribution in [1.29, 1.82) is 0 Å². The van der Waals surface area contributed by atoms with E-state index in [2.05, 4.69) is 15.6 Å². The first-order valence-electron chi connectivity index (χ1n) is 8.22. The van der Waals surface area contributed by atoms with Gasteiger partial charge in [-0.1, -0.05) is 29.3 Å². The van der Waals surface area contributed by atoms with Gasteiger partial charge in [0.1, 0.15) is 0 Å². The third kappa shape index (κ3) is 4.09. The number of hydrogen-bond acceptors (Lipinski definition) is 2. The van der Waals surface area contributed by atoms with Crippen molar-refractivity contribution >= 4 is 5.91 Å². The summed E-state index contributed by atoms with van der Waals surface area (Å²) in [5, 5.41) is 0. The van der Waals surface area contributed by atoms with Crippen molar-refractivity contribution < 1.29 is 4.79 Å². The van der Waals surface area contributed by atoms with Crippen LogP contribution in [-0.4, -0.2) is 33.4 Å². The van der Waals surface area contributed by atoms with E-state index in [0.717, 1.165) is 44.5 Å². The number of carbonyl (C=O) groups excluding carboxylic acids is 1. The van der Waals surface area contributed by atoms with Crippen molar-refractivity contribution in [3.05, 3.63) is 65.8 Å². The SMILES string of the molecule is Cc1ccc(C(=O)N2CCC=C(CCn3ccnc3)CC2)cc1. The molecule has 0 aliphatic carbocycles. The van der Waals surface area contributed by atoms with Gasteiger partial charge in [0.05, 0.1) is 6.33 Å². The maximum atomic E-state index is 12.6. The van der Waals surface area contributed by atoms with Crippen LogP contribution in [0.15, 0.2) is 54.6 Å². The fraction of sp³-hybridized carbons (Fsp3) is 0.368. The topological polar surface area (TPSA) is 38.1 Å². The number of aromatic nitrogens is 2. The van der Waals surface area contributed by atoms with Crippen LogP contribution < -0.4 is 0 Å². The van der Waals surface area contributed by atoms with Gasteiger partial charge in [0.25, 0.3) is 5.91 Å². The summed E-state index contributed by atoms with van der Waals surface area (Å²) in [6, 6.07) is 7.85. The zero-order valence-corrected chi connectivity index (χ0v) is 13.6. The Labute approximate surface area is 137 Å². The molecule has 0 radical (unpaired) electrons. The first kappa shape index (κ1) is 15.5. The summed E-state index contributed by atoms with van der Waals surface area (Å²) in [7, 11) is 0. The van der Waals surface area contributed by atoms with Gasteiger partial charge in [0.2, 0.25) is 0 Å². The van der Waals surface area contributed by atoms with E-state index in [9.17, 15) is 4.79 Å². The molecular formula is C19H23N3O. The van der Waals surface area contributed by atoms with Crippen molar-refractivity contribution in [2.24, 2.45) is 0 Å². The van der Waals surface area contributed by atoms with E-state index in [4.69, 9.17) is 0 Å². The van der Waals surface area contributed by atoms with Crippen LogP contribution in [0.4, 0.5) is 0 Å². The second-order valence-electron chi connectivity index (χ2n) is 6.11. The molecule has 1 aromatic heterocycles. The number of benzene rings is 1. The number of imidazole rings is 1. The summed E-state index contributed by atoms with van der Waals surface area (Å²) in [4.78, 5) is 18.7. The molecule has 0 unspecified atom stereocenters. The molecule has 2 heterocycles. The predicted octanol–water partition coefficient (Wildman–Crippen LogP) is 3.44. The van der Waals surface area contributed by atoms with E-state index in [1.807, 2.05) is 54.8 Å². The molecule has 0 bridgehead atoms. The summed E-state index contributed by atoms with van der Waals surface area (Å²) in [5.74, 6) is 0.147. The highest BCUT2D eigenvalue weighted by atomic mass is 16.2. The Bertz CT molecular complexity index is 671. The van der Waals surface area contributed by atoms with Crippen molar-refractivity contribution in [3.8, 4) is 0 Å². The summed E-state index contributed by atoms with van der Waals surface area (Å²) >= 11 is 0. The first-order valence-corrected chi connectivity index (χ1v) is 8.22. The highest BCUT2D eigenvalue weighted by molar-refractivity contribution is 5.94. The first-order chi connectivity index (χ1) is 11.2. The van der Waals surface area contributed by atoms with Crippen molar-refractivity contribution in [1.82, 2.24) is 14.5 Å². The van der Waals surface area contributed by atoms with Gasteiger partial charge < -0.3 is 9.47 Å². The van der Waals surface area contributed by atoms with Crippen LogP contribution in [0.25, 0.3) is 0 Å². The zero-order valence-electron chi connectivity index (χ0n) is 13.6. The van der Waals surface area contributed by atoms with E-state index in [0.29, 0.717) is 0 Å². The van der Waals surface area contributed by atoms with Crippen LogP contribution in [0.1, 0.15) is 35.2 Å². The van der Waals surface area contributed by atoms with Crippen LogP contribution in [0, 0.1) is 6.92 Å². The van der Waals surface area contributed by atoms with E-state index in [1.54, 1.807) is 0 Å². The molecule has 1 aliphatic rings. The van der Waals surface area contributed by atoms with Crippen molar-refractivity contribution in [2.75, 3.05) is 13.1 Å². The van der Waals surface area contributed by atoms with E-state index >= 15 is 0 Å². The lowest BCUT2D eigenvalue weighted by molar-refractivity contribution is 0.0763. The number of rotatable bonds is 4. The molecule has 120 valence electrons. The number of amides is 1. The lowest BCUT2D eigenvalue weighted by Gasteiger charge is -2.20. The molecule has 2 aromatic rings. The standard InChI is InChI=1S/C19H23N3O/c1-16-4-6-18(7-5-16)19(23)22-11-2-3-17(9-13-22)8-12-21-14-10-20-15-21/h3-7,10,14-15H,2,8-9,11-13H2,1H3. The molecule has 1 amide bonds. The molecule has 0 atom stereocenters. The Morgan fingerprint density at radius 3 is 2.78 bits per heavy atom. The maximum absolute atomic E-state index is 12.6. The molecule has 4 heteroatoms. The van der Waals surface area contributed by atoms with Crippen LogP contribution in [0.3, 0.4) is 0 Å². The smallest absolute Gasteiger partial charge is 0.253 e. The zero-order chi connectivity index (χ0) is 16.1. The Balaban J connectivity index is 1.55.